The maximum Gasteiger partial charge on any atom is 0.246 e. The summed E-state index contributed by atoms with van der Waals surface area (Å²) in [4.78, 5) is 14.1. The fourth-order valence-corrected chi connectivity index (χ4v) is 2.52. The van der Waals surface area contributed by atoms with Crippen LogP contribution in [0.15, 0.2) is 36.4 Å². The van der Waals surface area contributed by atoms with Crippen LogP contribution in [-0.2, 0) is 9.53 Å². The molecule has 110 valence electrons. The quantitative estimate of drug-likeness (QED) is 0.472. The molecular weight excluding hydrogens is 262 g/mol. The lowest BCUT2D eigenvalue weighted by Crippen LogP contribution is -2.40. The molecule has 2 rings (SSSR count). The summed E-state index contributed by atoms with van der Waals surface area (Å²) in [6, 6.07) is 9.85. The summed E-state index contributed by atoms with van der Waals surface area (Å²) in [7, 11) is 0. The Morgan fingerprint density at radius 1 is 1.43 bits per heavy atom. The minimum Gasteiger partial charge on any atom is -0.368 e. The number of carbonyl (C=O) groups excluding carboxylic acids is 1. The Morgan fingerprint density at radius 2 is 2.24 bits per heavy atom. The molecule has 0 bridgehead atoms. The number of likely N-dealkylation sites (tertiary alicyclic amines) is 1. The van der Waals surface area contributed by atoms with Crippen molar-refractivity contribution in [3.05, 3.63) is 42.0 Å². The van der Waals surface area contributed by atoms with E-state index in [0.29, 0.717) is 19.1 Å². The van der Waals surface area contributed by atoms with Crippen LogP contribution in [0.5, 0.6) is 0 Å². The lowest BCUT2D eigenvalue weighted by atomic mass is 9.99. The van der Waals surface area contributed by atoms with Crippen molar-refractivity contribution in [2.24, 2.45) is 5.92 Å². The highest BCUT2D eigenvalue weighted by Crippen LogP contribution is 2.17. The molecule has 0 N–H and O–H groups in total. The predicted molar refractivity (Wildman–Crippen MR) is 84.4 cm³/mol. The largest absolute Gasteiger partial charge is 0.368 e. The van der Waals surface area contributed by atoms with Crippen molar-refractivity contribution in [2.75, 3.05) is 26.3 Å². The van der Waals surface area contributed by atoms with Crippen LogP contribution in [0.4, 0.5) is 0 Å². The first-order valence-electron chi connectivity index (χ1n) is 7.33. The van der Waals surface area contributed by atoms with E-state index in [2.05, 4.69) is 5.92 Å². The second-order valence-corrected chi connectivity index (χ2v) is 5.26. The zero-order valence-corrected chi connectivity index (χ0v) is 12.2. The molecule has 1 aromatic carbocycles. The molecular formula is C18H21NO2. The number of nitrogens with zero attached hydrogens (tertiary/aromatic N) is 1. The number of carbonyl (C=O) groups is 1. The minimum absolute atomic E-state index is 0.0699. The fourth-order valence-electron chi connectivity index (χ4n) is 2.52. The summed E-state index contributed by atoms with van der Waals surface area (Å²) in [6.07, 6.45) is 10.8. The molecule has 0 spiro atoms. The minimum atomic E-state index is 0.0699. The van der Waals surface area contributed by atoms with Crippen molar-refractivity contribution in [2.45, 2.75) is 12.8 Å². The van der Waals surface area contributed by atoms with Crippen molar-refractivity contribution in [1.29, 1.82) is 0 Å². The van der Waals surface area contributed by atoms with Gasteiger partial charge in [-0.15, -0.1) is 6.42 Å². The molecule has 1 atom stereocenters. The van der Waals surface area contributed by atoms with Gasteiger partial charge in [-0.05, 0) is 24.5 Å². The highest BCUT2D eigenvalue weighted by Gasteiger charge is 2.22. The van der Waals surface area contributed by atoms with E-state index in [4.69, 9.17) is 11.2 Å². The maximum absolute atomic E-state index is 12.2. The van der Waals surface area contributed by atoms with Crippen molar-refractivity contribution >= 4 is 12.0 Å². The van der Waals surface area contributed by atoms with Crippen LogP contribution >= 0.6 is 0 Å². The summed E-state index contributed by atoms with van der Waals surface area (Å²) in [6.45, 7) is 2.56. The molecule has 1 saturated heterocycles. The van der Waals surface area contributed by atoms with Gasteiger partial charge in [-0.25, -0.2) is 0 Å². The number of rotatable bonds is 5. The summed E-state index contributed by atoms with van der Waals surface area (Å²) in [5.74, 6) is 2.93. The first-order chi connectivity index (χ1) is 10.3. The van der Waals surface area contributed by atoms with Gasteiger partial charge < -0.3 is 9.64 Å². The molecule has 1 fully saturated rings. The first kappa shape index (κ1) is 15.3. The van der Waals surface area contributed by atoms with E-state index in [0.717, 1.165) is 31.5 Å². The van der Waals surface area contributed by atoms with Crippen molar-refractivity contribution < 1.29 is 9.53 Å². The predicted octanol–water partition coefficient (Wildman–Crippen LogP) is 2.59. The molecule has 21 heavy (non-hydrogen) atoms. The van der Waals surface area contributed by atoms with Gasteiger partial charge in [-0.2, -0.15) is 0 Å². The van der Waals surface area contributed by atoms with Gasteiger partial charge in [0.05, 0.1) is 6.61 Å². The first-order valence-corrected chi connectivity index (χ1v) is 7.33. The Kier molecular flexibility index (Phi) is 6.05. The van der Waals surface area contributed by atoms with Gasteiger partial charge >= 0.3 is 0 Å². The molecule has 1 aromatic rings. The molecule has 0 aliphatic carbocycles. The van der Waals surface area contributed by atoms with Crippen LogP contribution in [0.2, 0.25) is 0 Å². The van der Waals surface area contributed by atoms with Crippen LogP contribution in [-0.4, -0.2) is 37.1 Å². The Balaban J connectivity index is 1.84. The van der Waals surface area contributed by atoms with Gasteiger partial charge in [0.15, 0.2) is 0 Å². The molecule has 0 aromatic heterocycles. The molecule has 3 heteroatoms. The van der Waals surface area contributed by atoms with E-state index in [9.17, 15) is 4.79 Å². The van der Waals surface area contributed by atoms with Gasteiger partial charge in [0.25, 0.3) is 0 Å². The molecule has 1 heterocycles. The van der Waals surface area contributed by atoms with E-state index < -0.39 is 0 Å². The maximum atomic E-state index is 12.2. The average molecular weight is 283 g/mol. The highest BCUT2D eigenvalue weighted by molar-refractivity contribution is 5.91. The number of hydrogen-bond acceptors (Lipinski definition) is 2. The van der Waals surface area contributed by atoms with Crippen molar-refractivity contribution in [3.63, 3.8) is 0 Å². The fraction of sp³-hybridized carbons (Fsp3) is 0.389. The van der Waals surface area contributed by atoms with Crippen LogP contribution < -0.4 is 0 Å². The summed E-state index contributed by atoms with van der Waals surface area (Å²) in [5.41, 5.74) is 1.04. The topological polar surface area (TPSA) is 29.5 Å². The van der Waals surface area contributed by atoms with E-state index >= 15 is 0 Å². The number of amides is 1. The zero-order chi connectivity index (χ0) is 14.9. The van der Waals surface area contributed by atoms with Crippen LogP contribution in [0.25, 0.3) is 6.08 Å². The van der Waals surface area contributed by atoms with Gasteiger partial charge in [0.2, 0.25) is 5.91 Å². The van der Waals surface area contributed by atoms with E-state index in [1.807, 2.05) is 41.3 Å². The molecule has 1 aliphatic rings. The van der Waals surface area contributed by atoms with Gasteiger partial charge in [0.1, 0.15) is 6.61 Å². The molecule has 1 unspecified atom stereocenters. The SMILES string of the molecule is C#CCOCC1CCCN(C(=O)/C=C/c2ccccc2)C1. The van der Waals surface area contributed by atoms with Crippen molar-refractivity contribution in [3.8, 4) is 12.3 Å². The highest BCUT2D eigenvalue weighted by atomic mass is 16.5. The molecule has 1 amide bonds. The number of piperidine rings is 1. The van der Waals surface area contributed by atoms with Gasteiger partial charge in [0, 0.05) is 25.1 Å². The van der Waals surface area contributed by atoms with E-state index in [1.54, 1.807) is 6.08 Å². The summed E-state index contributed by atoms with van der Waals surface area (Å²) in [5, 5.41) is 0. The second-order valence-electron chi connectivity index (χ2n) is 5.26. The van der Waals surface area contributed by atoms with Crippen LogP contribution in [0, 0.1) is 18.3 Å². The third-order valence-electron chi connectivity index (χ3n) is 3.59. The summed E-state index contributed by atoms with van der Waals surface area (Å²) >= 11 is 0. The molecule has 0 saturated carbocycles. The third-order valence-corrected chi connectivity index (χ3v) is 3.59. The zero-order valence-electron chi connectivity index (χ0n) is 12.2. The lowest BCUT2D eigenvalue weighted by Gasteiger charge is -2.31. The molecule has 1 aliphatic heterocycles. The van der Waals surface area contributed by atoms with Crippen LogP contribution in [0.3, 0.4) is 0 Å². The lowest BCUT2D eigenvalue weighted by molar-refractivity contribution is -0.128. The number of terminal acetylenes is 1. The number of ether oxygens (including phenoxy) is 1. The Bertz CT molecular complexity index is 516. The molecule has 0 radical (unpaired) electrons. The third kappa shape index (κ3) is 5.09. The van der Waals surface area contributed by atoms with E-state index in [-0.39, 0.29) is 5.91 Å². The normalized spacial score (nSPS) is 18.6. The monoisotopic (exact) mass is 283 g/mol. The number of hydrogen-bond donors (Lipinski definition) is 0. The van der Waals surface area contributed by atoms with Crippen molar-refractivity contribution in [1.82, 2.24) is 4.90 Å². The number of benzene rings is 1. The molecule has 3 nitrogen and oxygen atoms in total. The Morgan fingerprint density at radius 3 is 3.00 bits per heavy atom. The average Bonchev–Trinajstić information content (AvgIpc) is 2.54. The Labute approximate surface area is 126 Å². The Hall–Kier alpha value is -2.05. The van der Waals surface area contributed by atoms with Gasteiger partial charge in [-0.3, -0.25) is 4.79 Å². The smallest absolute Gasteiger partial charge is 0.246 e. The van der Waals surface area contributed by atoms with Crippen LogP contribution in [0.1, 0.15) is 18.4 Å². The summed E-state index contributed by atoms with van der Waals surface area (Å²) < 4.78 is 5.39. The standard InChI is InChI=1S/C18H21NO2/c1-2-13-21-15-17-9-6-12-19(14-17)18(20)11-10-16-7-4-3-5-8-16/h1,3-5,7-8,10-11,17H,6,9,12-15H2/b11-10+. The second kappa shape index (κ2) is 8.28. The van der Waals surface area contributed by atoms with Gasteiger partial charge in [-0.1, -0.05) is 36.3 Å². The van der Waals surface area contributed by atoms with E-state index in [1.165, 1.54) is 0 Å².